The average molecular weight is 314 g/mol. The molecule has 2 aliphatic rings. The molecule has 0 aromatic heterocycles. The molecule has 6 heteroatoms. The minimum atomic E-state index is -0.110. The lowest BCUT2D eigenvalue weighted by molar-refractivity contribution is -0.147. The van der Waals surface area contributed by atoms with Crippen LogP contribution >= 0.6 is 0 Å². The Morgan fingerprint density at radius 2 is 1.78 bits per heavy atom. The van der Waals surface area contributed by atoms with Crippen LogP contribution in [0.5, 0.6) is 0 Å². The van der Waals surface area contributed by atoms with Crippen molar-refractivity contribution in [3.05, 3.63) is 29.3 Å². The van der Waals surface area contributed by atoms with Crippen LogP contribution in [0.15, 0.2) is 23.2 Å². The molecule has 3 rings (SSSR count). The van der Waals surface area contributed by atoms with Gasteiger partial charge in [0.05, 0.1) is 6.54 Å². The largest absolute Gasteiger partial charge is 0.370 e. The van der Waals surface area contributed by atoms with E-state index in [1.165, 1.54) is 22.4 Å². The number of nitrogens with two attached hydrogens (primary N) is 1. The van der Waals surface area contributed by atoms with E-state index in [1.807, 2.05) is 6.07 Å². The van der Waals surface area contributed by atoms with Gasteiger partial charge in [-0.2, -0.15) is 0 Å². The average Bonchev–Trinajstić information content (AvgIpc) is 2.98. The summed E-state index contributed by atoms with van der Waals surface area (Å²) in [7, 11) is 0. The molecular formula is C17H22N4O2. The van der Waals surface area contributed by atoms with Crippen LogP contribution in [0.1, 0.15) is 36.8 Å². The van der Waals surface area contributed by atoms with Gasteiger partial charge >= 0.3 is 0 Å². The van der Waals surface area contributed by atoms with Gasteiger partial charge in [-0.05, 0) is 48.9 Å². The zero-order chi connectivity index (χ0) is 16.2. The molecule has 0 radical (unpaired) electrons. The van der Waals surface area contributed by atoms with Crippen molar-refractivity contribution in [3.8, 4) is 0 Å². The summed E-state index contributed by atoms with van der Waals surface area (Å²) in [4.78, 5) is 28.9. The molecule has 3 N–H and O–H groups in total. The van der Waals surface area contributed by atoms with Crippen molar-refractivity contribution in [1.29, 1.82) is 0 Å². The monoisotopic (exact) mass is 314 g/mol. The number of amides is 2. The number of likely N-dealkylation sites (tertiary alicyclic amines) is 1. The van der Waals surface area contributed by atoms with Crippen molar-refractivity contribution in [1.82, 2.24) is 4.90 Å². The number of rotatable bonds is 4. The van der Waals surface area contributed by atoms with E-state index in [0.29, 0.717) is 38.3 Å². The highest BCUT2D eigenvalue weighted by molar-refractivity contribution is 5.97. The molecule has 1 fully saturated rings. The number of nitrogens with zero attached hydrogens (tertiary/aromatic N) is 2. The lowest BCUT2D eigenvalue weighted by atomic mass is 10.1. The summed E-state index contributed by atoms with van der Waals surface area (Å²) in [6.45, 7) is 0.617. The van der Waals surface area contributed by atoms with Gasteiger partial charge in [-0.25, -0.2) is 0 Å². The summed E-state index contributed by atoms with van der Waals surface area (Å²) in [5.74, 6) is 0.0862. The fraction of sp³-hybridized carbons (Fsp3) is 0.471. The third-order valence-corrected chi connectivity index (χ3v) is 4.36. The first kappa shape index (κ1) is 15.5. The maximum atomic E-state index is 11.7. The molecule has 2 amide bonds. The van der Waals surface area contributed by atoms with Gasteiger partial charge in [0.2, 0.25) is 11.8 Å². The van der Waals surface area contributed by atoms with Gasteiger partial charge < -0.3 is 11.1 Å². The first-order valence-electron chi connectivity index (χ1n) is 8.15. The van der Waals surface area contributed by atoms with Crippen LogP contribution in [-0.2, 0) is 22.4 Å². The summed E-state index contributed by atoms with van der Waals surface area (Å²) in [6.07, 6.45) is 5.01. The molecule has 1 aliphatic heterocycles. The zero-order valence-electron chi connectivity index (χ0n) is 13.2. The number of fused-ring (bicyclic) bond motifs is 1. The molecule has 0 spiro atoms. The fourth-order valence-electron chi connectivity index (χ4n) is 3.16. The molecule has 1 aromatic carbocycles. The van der Waals surface area contributed by atoms with Gasteiger partial charge in [0, 0.05) is 25.1 Å². The first-order valence-corrected chi connectivity index (χ1v) is 8.15. The van der Waals surface area contributed by atoms with E-state index in [9.17, 15) is 9.59 Å². The SMILES string of the molecule is NC(=NCCN1C(=O)CCCC1=O)Nc1ccc2c(c1)CCC2. The normalized spacial score (nSPS) is 18.3. The Balaban J connectivity index is 1.53. The number of piperidine rings is 1. The molecule has 0 atom stereocenters. The van der Waals surface area contributed by atoms with E-state index < -0.39 is 0 Å². The van der Waals surface area contributed by atoms with Crippen LogP contribution < -0.4 is 11.1 Å². The van der Waals surface area contributed by atoms with Gasteiger partial charge in [0.15, 0.2) is 5.96 Å². The number of nitrogens with one attached hydrogen (secondary N) is 1. The number of aryl methyl sites for hydroxylation is 2. The molecule has 122 valence electrons. The summed E-state index contributed by atoms with van der Waals surface area (Å²) < 4.78 is 0. The molecule has 1 aliphatic carbocycles. The minimum Gasteiger partial charge on any atom is -0.370 e. The van der Waals surface area contributed by atoms with Crippen molar-refractivity contribution in [2.45, 2.75) is 38.5 Å². The van der Waals surface area contributed by atoms with Crippen LogP contribution in [0, 0.1) is 0 Å². The van der Waals surface area contributed by atoms with Crippen molar-refractivity contribution in [2.24, 2.45) is 10.7 Å². The highest BCUT2D eigenvalue weighted by atomic mass is 16.2. The topological polar surface area (TPSA) is 87.8 Å². The van der Waals surface area contributed by atoms with E-state index >= 15 is 0 Å². The van der Waals surface area contributed by atoms with Crippen LogP contribution in [0.25, 0.3) is 0 Å². The highest BCUT2D eigenvalue weighted by Gasteiger charge is 2.24. The summed E-state index contributed by atoms with van der Waals surface area (Å²) in [5.41, 5.74) is 9.59. The number of imide groups is 1. The number of aliphatic imine (C=N–C) groups is 1. The van der Waals surface area contributed by atoms with Gasteiger partial charge in [-0.3, -0.25) is 19.5 Å². The van der Waals surface area contributed by atoms with Crippen molar-refractivity contribution < 1.29 is 9.59 Å². The second-order valence-corrected chi connectivity index (χ2v) is 6.02. The Labute approximate surface area is 135 Å². The zero-order valence-corrected chi connectivity index (χ0v) is 13.2. The highest BCUT2D eigenvalue weighted by Crippen LogP contribution is 2.24. The molecule has 23 heavy (non-hydrogen) atoms. The van der Waals surface area contributed by atoms with Crippen molar-refractivity contribution in [2.75, 3.05) is 18.4 Å². The van der Waals surface area contributed by atoms with E-state index in [0.717, 1.165) is 18.5 Å². The molecule has 0 unspecified atom stereocenters. The lowest BCUT2D eigenvalue weighted by Crippen LogP contribution is -2.41. The number of benzene rings is 1. The van der Waals surface area contributed by atoms with Gasteiger partial charge in [-0.15, -0.1) is 0 Å². The molecule has 6 nitrogen and oxygen atoms in total. The molecule has 1 aromatic rings. The third-order valence-electron chi connectivity index (χ3n) is 4.36. The van der Waals surface area contributed by atoms with Crippen molar-refractivity contribution >= 4 is 23.5 Å². The predicted octanol–water partition coefficient (Wildman–Crippen LogP) is 1.44. The first-order chi connectivity index (χ1) is 11.1. The van der Waals surface area contributed by atoms with Gasteiger partial charge in [0.25, 0.3) is 0 Å². The van der Waals surface area contributed by atoms with E-state index in [-0.39, 0.29) is 11.8 Å². The maximum absolute atomic E-state index is 11.7. The Bertz CT molecular complexity index is 638. The number of guanidine groups is 1. The summed E-state index contributed by atoms with van der Waals surface area (Å²) in [5, 5.41) is 3.07. The Hall–Kier alpha value is -2.37. The number of hydrogen-bond donors (Lipinski definition) is 2. The van der Waals surface area contributed by atoms with E-state index in [4.69, 9.17) is 5.73 Å². The number of anilines is 1. The second-order valence-electron chi connectivity index (χ2n) is 6.02. The predicted molar refractivity (Wildman–Crippen MR) is 89.2 cm³/mol. The second kappa shape index (κ2) is 6.81. The van der Waals surface area contributed by atoms with Gasteiger partial charge in [-0.1, -0.05) is 6.07 Å². The van der Waals surface area contributed by atoms with Gasteiger partial charge in [0.1, 0.15) is 0 Å². The Morgan fingerprint density at radius 1 is 1.09 bits per heavy atom. The lowest BCUT2D eigenvalue weighted by Gasteiger charge is -2.24. The number of carbonyl (C=O) groups excluding carboxylic acids is 2. The Kier molecular flexibility index (Phi) is 4.60. The molecule has 0 bridgehead atoms. The van der Waals surface area contributed by atoms with Crippen LogP contribution in [0.4, 0.5) is 5.69 Å². The van der Waals surface area contributed by atoms with E-state index in [1.54, 1.807) is 0 Å². The maximum Gasteiger partial charge on any atom is 0.229 e. The van der Waals surface area contributed by atoms with Crippen LogP contribution in [0.2, 0.25) is 0 Å². The summed E-state index contributed by atoms with van der Waals surface area (Å²) >= 11 is 0. The smallest absolute Gasteiger partial charge is 0.229 e. The molecule has 1 saturated heterocycles. The minimum absolute atomic E-state index is 0.110. The van der Waals surface area contributed by atoms with Crippen LogP contribution in [0.3, 0.4) is 0 Å². The molecule has 1 heterocycles. The number of carbonyl (C=O) groups is 2. The standard InChI is InChI=1S/C17H22N4O2/c18-17(19-9-10-21-15(22)5-2-6-16(21)23)20-14-8-7-12-3-1-4-13(12)11-14/h7-8,11H,1-6,9-10H2,(H3,18,19,20). The van der Waals surface area contributed by atoms with Crippen LogP contribution in [-0.4, -0.2) is 35.8 Å². The fourth-order valence-corrected chi connectivity index (χ4v) is 3.16. The third kappa shape index (κ3) is 3.70. The summed E-state index contributed by atoms with van der Waals surface area (Å²) in [6, 6.07) is 6.25. The number of hydrogen-bond acceptors (Lipinski definition) is 3. The van der Waals surface area contributed by atoms with Crippen molar-refractivity contribution in [3.63, 3.8) is 0 Å². The van der Waals surface area contributed by atoms with E-state index in [2.05, 4.69) is 22.4 Å². The molecule has 0 saturated carbocycles. The Morgan fingerprint density at radius 3 is 2.57 bits per heavy atom. The molecular weight excluding hydrogens is 292 g/mol. The quantitative estimate of drug-likeness (QED) is 0.500.